The summed E-state index contributed by atoms with van der Waals surface area (Å²) in [6.07, 6.45) is 2.71. The first-order chi connectivity index (χ1) is 8.78. The third-order valence-electron chi connectivity index (χ3n) is 3.74. The molecule has 0 radical (unpaired) electrons. The van der Waals surface area contributed by atoms with Crippen LogP contribution in [-0.4, -0.2) is 31.6 Å². The minimum atomic E-state index is 0.627. The quantitative estimate of drug-likeness (QED) is 0.830. The molecule has 100 valence electrons. The fraction of sp³-hybridized carbons (Fsp3) is 0.600. The highest BCUT2D eigenvalue weighted by Gasteiger charge is 2.16. The van der Waals surface area contributed by atoms with Crippen LogP contribution in [0.5, 0.6) is 0 Å². The molecule has 0 aromatic heterocycles. The maximum Gasteiger partial charge on any atom is 0.0205 e. The second kappa shape index (κ2) is 6.88. The first-order valence-corrected chi connectivity index (χ1v) is 6.95. The molecule has 3 heteroatoms. The summed E-state index contributed by atoms with van der Waals surface area (Å²) in [6, 6.07) is 8.57. The van der Waals surface area contributed by atoms with E-state index < -0.39 is 0 Å². The second-order valence-electron chi connectivity index (χ2n) is 5.42. The molecule has 1 atom stereocenters. The monoisotopic (exact) mass is 247 g/mol. The van der Waals surface area contributed by atoms with Gasteiger partial charge in [-0.25, -0.2) is 0 Å². The highest BCUT2D eigenvalue weighted by molar-refractivity contribution is 5.22. The van der Waals surface area contributed by atoms with Gasteiger partial charge in [0.2, 0.25) is 0 Å². The van der Waals surface area contributed by atoms with Crippen molar-refractivity contribution in [3.05, 3.63) is 35.4 Å². The fourth-order valence-electron chi connectivity index (χ4n) is 2.65. The van der Waals surface area contributed by atoms with Gasteiger partial charge in [0.25, 0.3) is 0 Å². The zero-order chi connectivity index (χ0) is 12.8. The summed E-state index contributed by atoms with van der Waals surface area (Å²) < 4.78 is 0. The SMILES string of the molecule is CN1CCCC(CNCc2ccc(CN)cc2)C1. The maximum atomic E-state index is 5.59. The van der Waals surface area contributed by atoms with Gasteiger partial charge in [0.15, 0.2) is 0 Å². The highest BCUT2D eigenvalue weighted by Crippen LogP contribution is 2.14. The molecule has 0 bridgehead atoms. The van der Waals surface area contributed by atoms with E-state index in [-0.39, 0.29) is 0 Å². The van der Waals surface area contributed by atoms with E-state index in [2.05, 4.69) is 41.5 Å². The van der Waals surface area contributed by atoms with E-state index in [1.54, 1.807) is 0 Å². The Hall–Kier alpha value is -0.900. The number of likely N-dealkylation sites (tertiary alicyclic amines) is 1. The molecule has 1 unspecified atom stereocenters. The Morgan fingerprint density at radius 2 is 2.00 bits per heavy atom. The predicted octanol–water partition coefficient (Wildman–Crippen LogP) is 1.58. The van der Waals surface area contributed by atoms with Crippen LogP contribution in [-0.2, 0) is 13.1 Å². The van der Waals surface area contributed by atoms with E-state index in [1.807, 2.05) is 0 Å². The molecule has 18 heavy (non-hydrogen) atoms. The zero-order valence-electron chi connectivity index (χ0n) is 11.4. The van der Waals surface area contributed by atoms with Crippen LogP contribution in [0, 0.1) is 5.92 Å². The number of rotatable bonds is 5. The van der Waals surface area contributed by atoms with Gasteiger partial charge in [0.05, 0.1) is 0 Å². The number of nitrogens with two attached hydrogens (primary N) is 1. The van der Waals surface area contributed by atoms with Crippen molar-refractivity contribution in [2.45, 2.75) is 25.9 Å². The van der Waals surface area contributed by atoms with Crippen molar-refractivity contribution in [2.24, 2.45) is 11.7 Å². The van der Waals surface area contributed by atoms with Gasteiger partial charge in [0, 0.05) is 19.6 Å². The smallest absolute Gasteiger partial charge is 0.0205 e. The lowest BCUT2D eigenvalue weighted by Crippen LogP contribution is -2.37. The summed E-state index contributed by atoms with van der Waals surface area (Å²) in [4.78, 5) is 2.44. The van der Waals surface area contributed by atoms with E-state index in [0.717, 1.165) is 19.0 Å². The largest absolute Gasteiger partial charge is 0.326 e. The van der Waals surface area contributed by atoms with Crippen molar-refractivity contribution in [1.82, 2.24) is 10.2 Å². The lowest BCUT2D eigenvalue weighted by Gasteiger charge is -2.29. The molecule has 1 aromatic carbocycles. The van der Waals surface area contributed by atoms with Crippen molar-refractivity contribution in [3.8, 4) is 0 Å². The molecule has 1 heterocycles. The molecule has 1 fully saturated rings. The van der Waals surface area contributed by atoms with Crippen LogP contribution in [0.15, 0.2) is 24.3 Å². The van der Waals surface area contributed by atoms with Gasteiger partial charge in [0.1, 0.15) is 0 Å². The molecule has 0 amide bonds. The zero-order valence-corrected chi connectivity index (χ0v) is 11.4. The summed E-state index contributed by atoms with van der Waals surface area (Å²) in [5, 5.41) is 3.57. The predicted molar refractivity (Wildman–Crippen MR) is 76.3 cm³/mol. The van der Waals surface area contributed by atoms with Crippen molar-refractivity contribution >= 4 is 0 Å². The molecular formula is C15H25N3. The summed E-state index contributed by atoms with van der Waals surface area (Å²) in [6.45, 7) is 5.21. The minimum absolute atomic E-state index is 0.627. The Morgan fingerprint density at radius 3 is 2.67 bits per heavy atom. The fourth-order valence-corrected chi connectivity index (χ4v) is 2.65. The molecule has 1 aliphatic rings. The van der Waals surface area contributed by atoms with E-state index in [4.69, 9.17) is 5.73 Å². The number of nitrogens with zero attached hydrogens (tertiary/aromatic N) is 1. The number of hydrogen-bond donors (Lipinski definition) is 2. The van der Waals surface area contributed by atoms with Gasteiger partial charge in [-0.3, -0.25) is 0 Å². The Kier molecular flexibility index (Phi) is 5.17. The number of nitrogens with one attached hydrogen (secondary N) is 1. The van der Waals surface area contributed by atoms with Gasteiger partial charge in [-0.15, -0.1) is 0 Å². The van der Waals surface area contributed by atoms with E-state index in [1.165, 1.54) is 37.1 Å². The average molecular weight is 247 g/mol. The molecule has 3 N–H and O–H groups in total. The lowest BCUT2D eigenvalue weighted by molar-refractivity contribution is 0.206. The minimum Gasteiger partial charge on any atom is -0.326 e. The summed E-state index contributed by atoms with van der Waals surface area (Å²) in [5.74, 6) is 0.812. The Morgan fingerprint density at radius 1 is 1.28 bits per heavy atom. The van der Waals surface area contributed by atoms with Crippen LogP contribution in [0.3, 0.4) is 0 Å². The Bertz CT molecular complexity index is 347. The van der Waals surface area contributed by atoms with Crippen LogP contribution >= 0.6 is 0 Å². The molecule has 3 nitrogen and oxygen atoms in total. The van der Waals surface area contributed by atoms with Gasteiger partial charge >= 0.3 is 0 Å². The molecular weight excluding hydrogens is 222 g/mol. The van der Waals surface area contributed by atoms with Crippen LogP contribution in [0.4, 0.5) is 0 Å². The lowest BCUT2D eigenvalue weighted by atomic mass is 9.98. The van der Waals surface area contributed by atoms with Crippen LogP contribution in [0.2, 0.25) is 0 Å². The van der Waals surface area contributed by atoms with Gasteiger partial charge < -0.3 is 16.0 Å². The van der Waals surface area contributed by atoms with Gasteiger partial charge in [-0.2, -0.15) is 0 Å². The van der Waals surface area contributed by atoms with Crippen molar-refractivity contribution in [1.29, 1.82) is 0 Å². The number of benzene rings is 1. The van der Waals surface area contributed by atoms with Crippen molar-refractivity contribution in [3.63, 3.8) is 0 Å². The van der Waals surface area contributed by atoms with Gasteiger partial charge in [-0.1, -0.05) is 24.3 Å². The van der Waals surface area contributed by atoms with Crippen LogP contribution in [0.1, 0.15) is 24.0 Å². The summed E-state index contributed by atoms with van der Waals surface area (Å²) in [5.41, 5.74) is 8.14. The molecule has 0 saturated carbocycles. The third-order valence-corrected chi connectivity index (χ3v) is 3.74. The molecule has 0 spiro atoms. The summed E-state index contributed by atoms with van der Waals surface area (Å²) >= 11 is 0. The normalized spacial score (nSPS) is 21.1. The molecule has 1 saturated heterocycles. The Labute approximate surface area is 110 Å². The first kappa shape index (κ1) is 13.5. The topological polar surface area (TPSA) is 41.3 Å². The standard InChI is InChI=1S/C15H25N3/c1-18-8-2-3-15(12-18)11-17-10-14-6-4-13(9-16)5-7-14/h4-7,15,17H,2-3,8-12,16H2,1H3. The number of piperidine rings is 1. The van der Waals surface area contributed by atoms with Crippen LogP contribution in [0.25, 0.3) is 0 Å². The molecule has 1 aromatic rings. The second-order valence-corrected chi connectivity index (χ2v) is 5.42. The van der Waals surface area contributed by atoms with Gasteiger partial charge in [-0.05, 0) is 50.0 Å². The van der Waals surface area contributed by atoms with E-state index in [9.17, 15) is 0 Å². The first-order valence-electron chi connectivity index (χ1n) is 6.95. The van der Waals surface area contributed by atoms with Crippen molar-refractivity contribution < 1.29 is 0 Å². The average Bonchev–Trinajstić information content (AvgIpc) is 2.40. The van der Waals surface area contributed by atoms with Crippen molar-refractivity contribution in [2.75, 3.05) is 26.7 Å². The molecule has 2 rings (SSSR count). The Balaban J connectivity index is 1.70. The summed E-state index contributed by atoms with van der Waals surface area (Å²) in [7, 11) is 2.22. The van der Waals surface area contributed by atoms with Crippen LogP contribution < -0.4 is 11.1 Å². The maximum absolute atomic E-state index is 5.59. The third kappa shape index (κ3) is 4.09. The molecule has 1 aliphatic heterocycles. The molecule has 0 aliphatic carbocycles. The van der Waals surface area contributed by atoms with E-state index >= 15 is 0 Å². The number of hydrogen-bond acceptors (Lipinski definition) is 3. The van der Waals surface area contributed by atoms with E-state index in [0.29, 0.717) is 6.54 Å². The highest BCUT2D eigenvalue weighted by atomic mass is 15.1.